The van der Waals surface area contributed by atoms with Gasteiger partial charge in [0.05, 0.1) is 5.69 Å². The lowest BCUT2D eigenvalue weighted by molar-refractivity contribution is 0.412. The summed E-state index contributed by atoms with van der Waals surface area (Å²) in [5.74, 6) is 0. The predicted octanol–water partition coefficient (Wildman–Crippen LogP) is -0.0368. The number of nitrogens with one attached hydrogen (secondary N) is 2. The Bertz CT molecular complexity index is 459. The van der Waals surface area contributed by atoms with Gasteiger partial charge in [-0.1, -0.05) is 0 Å². The van der Waals surface area contributed by atoms with E-state index in [1.165, 1.54) is 6.20 Å². The Labute approximate surface area is 102 Å². The van der Waals surface area contributed by atoms with Gasteiger partial charge in [-0.3, -0.25) is 4.98 Å². The van der Waals surface area contributed by atoms with E-state index in [-0.39, 0.29) is 4.90 Å². The summed E-state index contributed by atoms with van der Waals surface area (Å²) in [6.07, 6.45) is 2.88. The zero-order valence-corrected chi connectivity index (χ0v) is 11.1. The first-order valence-corrected chi connectivity index (χ1v) is 6.72. The van der Waals surface area contributed by atoms with Crippen LogP contribution >= 0.6 is 0 Å². The zero-order chi connectivity index (χ0) is 12.9. The van der Waals surface area contributed by atoms with E-state index < -0.39 is 10.0 Å². The second-order valence-electron chi connectivity index (χ2n) is 3.82. The van der Waals surface area contributed by atoms with Crippen molar-refractivity contribution in [2.75, 3.05) is 39.5 Å². The van der Waals surface area contributed by atoms with Crippen LogP contribution in [0.5, 0.6) is 0 Å². The average Bonchev–Trinajstić information content (AvgIpc) is 2.28. The molecule has 7 heteroatoms. The summed E-state index contributed by atoms with van der Waals surface area (Å²) < 4.78 is 26.5. The van der Waals surface area contributed by atoms with Gasteiger partial charge in [-0.05, 0) is 20.2 Å². The van der Waals surface area contributed by atoms with Gasteiger partial charge in [0.15, 0.2) is 0 Å². The summed E-state index contributed by atoms with van der Waals surface area (Å²) in [6, 6.07) is 1.63. The highest BCUT2D eigenvalue weighted by atomic mass is 32.2. The topological polar surface area (TPSA) is 74.3 Å². The predicted molar refractivity (Wildman–Crippen MR) is 67.5 cm³/mol. The van der Waals surface area contributed by atoms with Gasteiger partial charge in [0.25, 0.3) is 0 Å². The number of pyridine rings is 1. The molecule has 0 aliphatic rings. The van der Waals surface area contributed by atoms with E-state index in [1.807, 2.05) is 19.0 Å². The molecule has 0 amide bonds. The van der Waals surface area contributed by atoms with Crippen molar-refractivity contribution in [2.24, 2.45) is 0 Å². The molecule has 0 saturated carbocycles. The Morgan fingerprint density at radius 3 is 2.71 bits per heavy atom. The van der Waals surface area contributed by atoms with Crippen LogP contribution in [0.4, 0.5) is 5.69 Å². The SMILES string of the molecule is CNc1ccncc1S(=O)(=O)NCCN(C)C. The van der Waals surface area contributed by atoms with Crippen LogP contribution < -0.4 is 10.0 Å². The van der Waals surface area contributed by atoms with Gasteiger partial charge < -0.3 is 10.2 Å². The summed E-state index contributed by atoms with van der Waals surface area (Å²) in [5, 5.41) is 2.83. The van der Waals surface area contributed by atoms with E-state index in [1.54, 1.807) is 19.3 Å². The van der Waals surface area contributed by atoms with Crippen molar-refractivity contribution in [3.05, 3.63) is 18.5 Å². The first-order valence-electron chi connectivity index (χ1n) is 5.23. The summed E-state index contributed by atoms with van der Waals surface area (Å²) >= 11 is 0. The Kier molecular flexibility index (Phi) is 4.86. The first-order chi connectivity index (χ1) is 7.97. The third-order valence-corrected chi connectivity index (χ3v) is 3.68. The molecule has 1 aromatic rings. The highest BCUT2D eigenvalue weighted by molar-refractivity contribution is 7.89. The Balaban J connectivity index is 2.82. The van der Waals surface area contributed by atoms with Gasteiger partial charge in [0.1, 0.15) is 4.90 Å². The third kappa shape index (κ3) is 3.95. The largest absolute Gasteiger partial charge is 0.387 e. The van der Waals surface area contributed by atoms with Crippen molar-refractivity contribution in [1.29, 1.82) is 0 Å². The smallest absolute Gasteiger partial charge is 0.244 e. The van der Waals surface area contributed by atoms with Crippen LogP contribution in [-0.4, -0.2) is 52.5 Å². The zero-order valence-electron chi connectivity index (χ0n) is 10.3. The van der Waals surface area contributed by atoms with Crippen LogP contribution in [0.2, 0.25) is 0 Å². The van der Waals surface area contributed by atoms with Crippen molar-refractivity contribution in [3.8, 4) is 0 Å². The Hall–Kier alpha value is -1.18. The minimum absolute atomic E-state index is 0.168. The first kappa shape index (κ1) is 13.9. The minimum Gasteiger partial charge on any atom is -0.387 e. The fourth-order valence-corrected chi connectivity index (χ4v) is 2.46. The molecule has 1 rings (SSSR count). The van der Waals surface area contributed by atoms with Gasteiger partial charge >= 0.3 is 0 Å². The normalized spacial score (nSPS) is 11.8. The van der Waals surface area contributed by atoms with Crippen LogP contribution in [0.25, 0.3) is 0 Å². The molecular weight excluding hydrogens is 240 g/mol. The lowest BCUT2D eigenvalue weighted by Crippen LogP contribution is -2.31. The van der Waals surface area contributed by atoms with Crippen LogP contribution in [-0.2, 0) is 10.0 Å². The summed E-state index contributed by atoms with van der Waals surface area (Å²) in [7, 11) is 1.95. The maximum atomic E-state index is 12.0. The number of sulfonamides is 1. The number of nitrogens with zero attached hydrogens (tertiary/aromatic N) is 2. The van der Waals surface area contributed by atoms with Crippen LogP contribution in [0.3, 0.4) is 0 Å². The molecule has 6 nitrogen and oxygen atoms in total. The number of hydrogen-bond acceptors (Lipinski definition) is 5. The molecule has 0 saturated heterocycles. The van der Waals surface area contributed by atoms with E-state index in [0.29, 0.717) is 18.8 Å². The molecular formula is C10H18N4O2S. The van der Waals surface area contributed by atoms with Crippen LogP contribution in [0, 0.1) is 0 Å². The van der Waals surface area contributed by atoms with Gasteiger partial charge in [-0.2, -0.15) is 0 Å². The Morgan fingerprint density at radius 2 is 2.12 bits per heavy atom. The highest BCUT2D eigenvalue weighted by Gasteiger charge is 2.17. The second-order valence-corrected chi connectivity index (χ2v) is 5.56. The van der Waals surface area contributed by atoms with Crippen molar-refractivity contribution in [2.45, 2.75) is 4.90 Å². The molecule has 0 bridgehead atoms. The van der Waals surface area contributed by atoms with E-state index >= 15 is 0 Å². The number of anilines is 1. The number of hydrogen-bond donors (Lipinski definition) is 2. The minimum atomic E-state index is -3.50. The van der Waals surface area contributed by atoms with E-state index in [0.717, 1.165) is 0 Å². The summed E-state index contributed by atoms with van der Waals surface area (Å²) in [5.41, 5.74) is 0.539. The molecule has 0 spiro atoms. The summed E-state index contributed by atoms with van der Waals surface area (Å²) in [4.78, 5) is 5.91. The summed E-state index contributed by atoms with van der Waals surface area (Å²) in [6.45, 7) is 1.02. The molecule has 0 aliphatic heterocycles. The molecule has 0 aliphatic carbocycles. The molecule has 0 aromatic carbocycles. The second kappa shape index (κ2) is 5.95. The number of aromatic nitrogens is 1. The average molecular weight is 258 g/mol. The standard InChI is InChI=1S/C10H18N4O2S/c1-11-9-4-5-12-8-10(9)17(15,16)13-6-7-14(2)3/h4-5,8,13H,6-7H2,1-3H3,(H,11,12). The quantitative estimate of drug-likeness (QED) is 0.749. The van der Waals surface area contributed by atoms with Crippen molar-refractivity contribution in [1.82, 2.24) is 14.6 Å². The van der Waals surface area contributed by atoms with Crippen molar-refractivity contribution in [3.63, 3.8) is 0 Å². The molecule has 0 radical (unpaired) electrons. The van der Waals surface area contributed by atoms with E-state index in [9.17, 15) is 8.42 Å². The van der Waals surface area contributed by atoms with Crippen LogP contribution in [0.15, 0.2) is 23.4 Å². The fourth-order valence-electron chi connectivity index (χ4n) is 1.28. The van der Waals surface area contributed by atoms with Gasteiger partial charge in [-0.15, -0.1) is 0 Å². The lowest BCUT2D eigenvalue weighted by Gasteiger charge is -2.12. The molecule has 2 N–H and O–H groups in total. The fraction of sp³-hybridized carbons (Fsp3) is 0.500. The van der Waals surface area contributed by atoms with Gasteiger partial charge in [-0.25, -0.2) is 13.1 Å². The van der Waals surface area contributed by atoms with Gasteiger partial charge in [0.2, 0.25) is 10.0 Å². The molecule has 17 heavy (non-hydrogen) atoms. The van der Waals surface area contributed by atoms with E-state index in [4.69, 9.17) is 0 Å². The molecule has 1 heterocycles. The third-order valence-electron chi connectivity index (χ3n) is 2.19. The monoisotopic (exact) mass is 258 g/mol. The highest BCUT2D eigenvalue weighted by Crippen LogP contribution is 2.18. The Morgan fingerprint density at radius 1 is 1.41 bits per heavy atom. The molecule has 1 aromatic heterocycles. The number of likely N-dealkylation sites (N-methyl/N-ethyl adjacent to an activating group) is 1. The number of rotatable bonds is 6. The van der Waals surface area contributed by atoms with Gasteiger partial charge in [0, 0.05) is 32.5 Å². The lowest BCUT2D eigenvalue weighted by atomic mass is 10.4. The van der Waals surface area contributed by atoms with Crippen molar-refractivity contribution >= 4 is 15.7 Å². The molecule has 0 atom stereocenters. The molecule has 96 valence electrons. The van der Waals surface area contributed by atoms with E-state index in [2.05, 4.69) is 15.0 Å². The van der Waals surface area contributed by atoms with Crippen LogP contribution in [0.1, 0.15) is 0 Å². The molecule has 0 fully saturated rings. The maximum absolute atomic E-state index is 12.0. The molecule has 0 unspecified atom stereocenters. The van der Waals surface area contributed by atoms with Crippen molar-refractivity contribution < 1.29 is 8.42 Å². The maximum Gasteiger partial charge on any atom is 0.244 e.